The number of nitrogens with zero attached hydrogens (tertiary/aromatic N) is 2. The third-order valence-electron chi connectivity index (χ3n) is 2.79. The number of alkyl halides is 3. The summed E-state index contributed by atoms with van der Waals surface area (Å²) in [5, 5.41) is 8.61. The number of oxazole rings is 1. The fourth-order valence-corrected chi connectivity index (χ4v) is 1.75. The average Bonchev–Trinajstić information content (AvgIpc) is 2.77. The summed E-state index contributed by atoms with van der Waals surface area (Å²) in [6.07, 6.45) is -1.28. The smallest absolute Gasteiger partial charge is 0.416 e. The maximum Gasteiger partial charge on any atom is 0.416 e. The molecule has 0 atom stereocenters. The van der Waals surface area contributed by atoms with Crippen LogP contribution in [0.15, 0.2) is 28.7 Å². The lowest BCUT2D eigenvalue weighted by molar-refractivity contribution is -0.137. The molecule has 1 heterocycles. The number of hydrogen-bond donors (Lipinski definition) is 0. The molecule has 1 aromatic carbocycles. The summed E-state index contributed by atoms with van der Waals surface area (Å²) in [4.78, 5) is 4.09. The molecule has 3 nitrogen and oxygen atoms in total. The molecule has 0 unspecified atom stereocenters. The number of benzene rings is 1. The van der Waals surface area contributed by atoms with Crippen LogP contribution in [0.3, 0.4) is 0 Å². The van der Waals surface area contributed by atoms with Gasteiger partial charge in [-0.15, -0.1) is 0 Å². The van der Waals surface area contributed by atoms with E-state index in [4.69, 9.17) is 9.68 Å². The summed E-state index contributed by atoms with van der Waals surface area (Å²) in [6, 6.07) is 6.91. The minimum atomic E-state index is -4.37. The highest BCUT2D eigenvalue weighted by Gasteiger charge is 2.30. The normalized spacial score (nSPS) is 11.8. The van der Waals surface area contributed by atoms with E-state index in [1.165, 1.54) is 18.2 Å². The Balaban J connectivity index is 2.22. The van der Waals surface area contributed by atoms with Gasteiger partial charge >= 0.3 is 6.18 Å². The molecule has 0 aliphatic heterocycles. The molecule has 0 bridgehead atoms. The van der Waals surface area contributed by atoms with Crippen LogP contribution >= 0.6 is 0 Å². The van der Waals surface area contributed by atoms with E-state index < -0.39 is 11.7 Å². The second-order valence-corrected chi connectivity index (χ2v) is 4.35. The number of rotatable bonds is 3. The van der Waals surface area contributed by atoms with Gasteiger partial charge in [0.15, 0.2) is 0 Å². The van der Waals surface area contributed by atoms with Crippen molar-refractivity contribution in [2.45, 2.75) is 19.5 Å². The SMILES string of the molecule is Cc1oc(C=Cc2cccc(C(F)(F)F)c2)nc1CC#N. The number of aromatic nitrogens is 1. The molecule has 0 radical (unpaired) electrons. The van der Waals surface area contributed by atoms with Crippen LogP contribution in [-0.2, 0) is 12.6 Å². The predicted molar refractivity (Wildman–Crippen MR) is 70.9 cm³/mol. The minimum Gasteiger partial charge on any atom is -0.442 e. The van der Waals surface area contributed by atoms with E-state index in [-0.39, 0.29) is 12.3 Å². The topological polar surface area (TPSA) is 49.8 Å². The molecule has 0 amide bonds. The zero-order chi connectivity index (χ0) is 15.5. The first-order valence-corrected chi connectivity index (χ1v) is 6.09. The van der Waals surface area contributed by atoms with Crippen LogP contribution in [-0.4, -0.2) is 4.98 Å². The Morgan fingerprint density at radius 1 is 1.33 bits per heavy atom. The highest BCUT2D eigenvalue weighted by atomic mass is 19.4. The highest BCUT2D eigenvalue weighted by molar-refractivity contribution is 5.66. The summed E-state index contributed by atoms with van der Waals surface area (Å²) in [6.45, 7) is 1.68. The van der Waals surface area contributed by atoms with Gasteiger partial charge in [0.05, 0.1) is 23.7 Å². The Bertz CT molecular complexity index is 708. The number of nitriles is 1. The van der Waals surface area contributed by atoms with Crippen molar-refractivity contribution < 1.29 is 17.6 Å². The Labute approximate surface area is 119 Å². The van der Waals surface area contributed by atoms with Crippen LogP contribution in [0.5, 0.6) is 0 Å². The number of halogens is 3. The predicted octanol–water partition coefficient (Wildman–Crippen LogP) is 4.24. The van der Waals surface area contributed by atoms with Gasteiger partial charge in [0.25, 0.3) is 0 Å². The van der Waals surface area contributed by atoms with Gasteiger partial charge in [-0.1, -0.05) is 12.1 Å². The third kappa shape index (κ3) is 3.72. The fraction of sp³-hybridized carbons (Fsp3) is 0.200. The van der Waals surface area contributed by atoms with E-state index >= 15 is 0 Å². The molecule has 21 heavy (non-hydrogen) atoms. The van der Waals surface area contributed by atoms with Crippen molar-refractivity contribution in [1.82, 2.24) is 4.98 Å². The van der Waals surface area contributed by atoms with Crippen molar-refractivity contribution in [3.05, 3.63) is 52.7 Å². The van der Waals surface area contributed by atoms with Gasteiger partial charge in [-0.2, -0.15) is 18.4 Å². The van der Waals surface area contributed by atoms with Crippen molar-refractivity contribution in [3.63, 3.8) is 0 Å². The maximum atomic E-state index is 12.6. The first-order chi connectivity index (χ1) is 9.90. The second kappa shape index (κ2) is 5.83. The molecule has 0 aliphatic carbocycles. The Morgan fingerprint density at radius 2 is 2.10 bits per heavy atom. The third-order valence-corrected chi connectivity index (χ3v) is 2.79. The van der Waals surface area contributed by atoms with E-state index in [1.54, 1.807) is 13.0 Å². The molecule has 2 rings (SSSR count). The van der Waals surface area contributed by atoms with Gasteiger partial charge < -0.3 is 4.42 Å². The Hall–Kier alpha value is -2.55. The molecule has 0 N–H and O–H groups in total. The van der Waals surface area contributed by atoms with E-state index in [9.17, 15) is 13.2 Å². The highest BCUT2D eigenvalue weighted by Crippen LogP contribution is 2.29. The summed E-state index contributed by atoms with van der Waals surface area (Å²) < 4.78 is 43.1. The summed E-state index contributed by atoms with van der Waals surface area (Å²) in [5.74, 6) is 0.787. The van der Waals surface area contributed by atoms with Crippen molar-refractivity contribution in [1.29, 1.82) is 5.26 Å². The average molecular weight is 292 g/mol. The van der Waals surface area contributed by atoms with Crippen LogP contribution in [0.25, 0.3) is 12.2 Å². The monoisotopic (exact) mass is 292 g/mol. The standard InChI is InChI=1S/C15H11F3N2O/c1-10-13(7-8-19)20-14(21-10)6-5-11-3-2-4-12(9-11)15(16,17)18/h2-6,9H,7H2,1H3. The van der Waals surface area contributed by atoms with E-state index in [1.807, 2.05) is 6.07 Å². The van der Waals surface area contributed by atoms with E-state index in [2.05, 4.69) is 4.98 Å². The fourth-order valence-electron chi connectivity index (χ4n) is 1.75. The molecule has 0 saturated carbocycles. The lowest BCUT2D eigenvalue weighted by atomic mass is 10.1. The zero-order valence-corrected chi connectivity index (χ0v) is 11.1. The molecule has 0 spiro atoms. The van der Waals surface area contributed by atoms with Gasteiger partial charge in [-0.25, -0.2) is 4.98 Å². The molecule has 0 fully saturated rings. The Morgan fingerprint density at radius 3 is 2.76 bits per heavy atom. The summed E-state index contributed by atoms with van der Waals surface area (Å²) in [7, 11) is 0. The number of aryl methyl sites for hydroxylation is 1. The molecule has 0 aliphatic rings. The van der Waals surface area contributed by atoms with Crippen molar-refractivity contribution in [2.75, 3.05) is 0 Å². The first kappa shape index (κ1) is 14.9. The maximum absolute atomic E-state index is 12.6. The Kier molecular flexibility index (Phi) is 4.13. The van der Waals surface area contributed by atoms with Gasteiger partial charge in [0, 0.05) is 6.08 Å². The first-order valence-electron chi connectivity index (χ1n) is 6.09. The zero-order valence-electron chi connectivity index (χ0n) is 11.1. The molecular weight excluding hydrogens is 281 g/mol. The van der Waals surface area contributed by atoms with Crippen LogP contribution < -0.4 is 0 Å². The van der Waals surface area contributed by atoms with Crippen molar-refractivity contribution in [3.8, 4) is 6.07 Å². The van der Waals surface area contributed by atoms with Gasteiger partial charge in [0.1, 0.15) is 5.76 Å². The molecular formula is C15H11F3N2O. The summed E-state index contributed by atoms with van der Waals surface area (Å²) >= 11 is 0. The lowest BCUT2D eigenvalue weighted by Crippen LogP contribution is -2.04. The van der Waals surface area contributed by atoms with Crippen LogP contribution in [0, 0.1) is 18.3 Å². The quantitative estimate of drug-likeness (QED) is 0.850. The van der Waals surface area contributed by atoms with Gasteiger partial charge in [-0.3, -0.25) is 0 Å². The van der Waals surface area contributed by atoms with E-state index in [0.717, 1.165) is 12.1 Å². The van der Waals surface area contributed by atoms with E-state index in [0.29, 0.717) is 17.0 Å². The number of hydrogen-bond acceptors (Lipinski definition) is 3. The van der Waals surface area contributed by atoms with Gasteiger partial charge in [-0.05, 0) is 30.7 Å². The lowest BCUT2D eigenvalue weighted by Gasteiger charge is -2.06. The van der Waals surface area contributed by atoms with Gasteiger partial charge in [0.2, 0.25) is 5.89 Å². The molecule has 2 aromatic rings. The van der Waals surface area contributed by atoms with Crippen molar-refractivity contribution >= 4 is 12.2 Å². The second-order valence-electron chi connectivity index (χ2n) is 4.35. The van der Waals surface area contributed by atoms with Crippen LogP contribution in [0.1, 0.15) is 28.5 Å². The molecule has 0 saturated heterocycles. The minimum absolute atomic E-state index is 0.132. The largest absolute Gasteiger partial charge is 0.442 e. The van der Waals surface area contributed by atoms with Crippen molar-refractivity contribution in [2.24, 2.45) is 0 Å². The summed E-state index contributed by atoms with van der Waals surface area (Å²) in [5.41, 5.74) is 0.210. The molecule has 6 heteroatoms. The van der Waals surface area contributed by atoms with Crippen LogP contribution in [0.2, 0.25) is 0 Å². The van der Waals surface area contributed by atoms with Crippen LogP contribution in [0.4, 0.5) is 13.2 Å². The molecule has 108 valence electrons. The molecule has 1 aromatic heterocycles.